The Bertz CT molecular complexity index is 778. The molecule has 25 heavy (non-hydrogen) atoms. The van der Waals surface area contributed by atoms with Gasteiger partial charge in [-0.15, -0.1) is 11.3 Å². The number of thiazole rings is 1. The summed E-state index contributed by atoms with van der Waals surface area (Å²) in [4.78, 5) is 18.6. The third kappa shape index (κ3) is 3.74. The van der Waals surface area contributed by atoms with E-state index in [1.807, 2.05) is 12.1 Å². The van der Waals surface area contributed by atoms with Crippen molar-refractivity contribution in [3.63, 3.8) is 0 Å². The van der Waals surface area contributed by atoms with Crippen LogP contribution in [-0.2, 0) is 4.74 Å². The SMILES string of the molecule is C[C@@H]1C[C@@H]1c1ccc(/C=N\NC(=O)c2csc(N3CCOCC3)n2)o1. The van der Waals surface area contributed by atoms with E-state index in [0.29, 0.717) is 36.5 Å². The van der Waals surface area contributed by atoms with Gasteiger partial charge in [-0.3, -0.25) is 4.79 Å². The van der Waals surface area contributed by atoms with Gasteiger partial charge in [0.25, 0.3) is 5.91 Å². The van der Waals surface area contributed by atoms with Crippen molar-refractivity contribution in [2.24, 2.45) is 11.0 Å². The summed E-state index contributed by atoms with van der Waals surface area (Å²) >= 11 is 1.46. The number of furan rings is 1. The van der Waals surface area contributed by atoms with E-state index in [-0.39, 0.29) is 5.91 Å². The van der Waals surface area contributed by atoms with E-state index in [9.17, 15) is 4.79 Å². The van der Waals surface area contributed by atoms with Crippen LogP contribution < -0.4 is 10.3 Å². The van der Waals surface area contributed by atoms with Crippen LogP contribution in [0.15, 0.2) is 27.0 Å². The van der Waals surface area contributed by atoms with Gasteiger partial charge in [-0.2, -0.15) is 5.10 Å². The molecule has 2 aromatic rings. The summed E-state index contributed by atoms with van der Waals surface area (Å²) in [5, 5.41) is 6.55. The van der Waals surface area contributed by atoms with Crippen molar-refractivity contribution in [3.8, 4) is 0 Å². The predicted molar refractivity (Wildman–Crippen MR) is 95.4 cm³/mol. The van der Waals surface area contributed by atoms with Gasteiger partial charge in [0.1, 0.15) is 17.2 Å². The number of carbonyl (C=O) groups is 1. The monoisotopic (exact) mass is 360 g/mol. The van der Waals surface area contributed by atoms with Crippen molar-refractivity contribution >= 4 is 28.6 Å². The summed E-state index contributed by atoms with van der Waals surface area (Å²) in [6.45, 7) is 5.19. The van der Waals surface area contributed by atoms with Crippen LogP contribution in [0.1, 0.15) is 41.3 Å². The molecular formula is C17H20N4O3S. The highest BCUT2D eigenvalue weighted by Gasteiger charge is 2.36. The van der Waals surface area contributed by atoms with E-state index in [4.69, 9.17) is 9.15 Å². The molecule has 8 heteroatoms. The highest BCUT2D eigenvalue weighted by molar-refractivity contribution is 7.13. The third-order valence-electron chi connectivity index (χ3n) is 4.49. The molecule has 2 aliphatic rings. The van der Waals surface area contributed by atoms with Gasteiger partial charge in [0.05, 0.1) is 19.4 Å². The zero-order valence-electron chi connectivity index (χ0n) is 14.0. The second-order valence-electron chi connectivity index (χ2n) is 6.37. The lowest BCUT2D eigenvalue weighted by atomic mass is 10.3. The molecular weight excluding hydrogens is 340 g/mol. The Morgan fingerprint density at radius 3 is 3.00 bits per heavy atom. The summed E-state index contributed by atoms with van der Waals surface area (Å²) in [6.07, 6.45) is 2.69. The number of hydrazone groups is 1. The van der Waals surface area contributed by atoms with E-state index in [0.717, 1.165) is 24.0 Å². The fourth-order valence-electron chi connectivity index (χ4n) is 2.84. The third-order valence-corrected chi connectivity index (χ3v) is 5.39. The average molecular weight is 360 g/mol. The summed E-state index contributed by atoms with van der Waals surface area (Å²) in [7, 11) is 0. The minimum atomic E-state index is -0.324. The lowest BCUT2D eigenvalue weighted by molar-refractivity contribution is 0.0951. The largest absolute Gasteiger partial charge is 0.460 e. The Morgan fingerprint density at radius 2 is 2.24 bits per heavy atom. The molecule has 1 aliphatic carbocycles. The second kappa shape index (κ2) is 6.97. The zero-order valence-corrected chi connectivity index (χ0v) is 14.8. The van der Waals surface area contributed by atoms with Gasteiger partial charge < -0.3 is 14.1 Å². The van der Waals surface area contributed by atoms with E-state index in [1.165, 1.54) is 24.0 Å². The second-order valence-corrected chi connectivity index (χ2v) is 7.21. The van der Waals surface area contributed by atoms with Crippen molar-refractivity contribution in [3.05, 3.63) is 34.7 Å². The van der Waals surface area contributed by atoms with E-state index in [2.05, 4.69) is 27.3 Å². The van der Waals surface area contributed by atoms with Crippen molar-refractivity contribution in [2.45, 2.75) is 19.3 Å². The quantitative estimate of drug-likeness (QED) is 0.654. The normalized spacial score (nSPS) is 23.2. The number of aromatic nitrogens is 1. The Kier molecular flexibility index (Phi) is 4.54. The van der Waals surface area contributed by atoms with Gasteiger partial charge >= 0.3 is 0 Å². The first-order chi connectivity index (χ1) is 12.2. The Morgan fingerprint density at radius 1 is 1.44 bits per heavy atom. The first kappa shape index (κ1) is 16.3. The first-order valence-electron chi connectivity index (χ1n) is 8.42. The summed E-state index contributed by atoms with van der Waals surface area (Å²) < 4.78 is 11.0. The maximum absolute atomic E-state index is 12.1. The minimum absolute atomic E-state index is 0.324. The van der Waals surface area contributed by atoms with Gasteiger partial charge in [0.15, 0.2) is 5.13 Å². The number of rotatable bonds is 5. The molecule has 2 aromatic heterocycles. The number of morpholine rings is 1. The maximum Gasteiger partial charge on any atom is 0.290 e. The molecule has 0 aromatic carbocycles. The van der Waals surface area contributed by atoms with Crippen LogP contribution in [0.3, 0.4) is 0 Å². The Labute approximate surface area is 149 Å². The number of hydrogen-bond acceptors (Lipinski definition) is 7. The number of ether oxygens (including phenoxy) is 1. The zero-order chi connectivity index (χ0) is 17.2. The van der Waals surface area contributed by atoms with E-state index >= 15 is 0 Å². The van der Waals surface area contributed by atoms with Crippen LogP contribution in [0.2, 0.25) is 0 Å². The molecule has 0 spiro atoms. The topological polar surface area (TPSA) is 80.0 Å². The van der Waals surface area contributed by atoms with Crippen molar-refractivity contribution in [1.82, 2.24) is 10.4 Å². The molecule has 7 nitrogen and oxygen atoms in total. The van der Waals surface area contributed by atoms with Gasteiger partial charge in [0, 0.05) is 24.4 Å². The molecule has 3 heterocycles. The van der Waals surface area contributed by atoms with Crippen molar-refractivity contribution in [2.75, 3.05) is 31.2 Å². The molecule has 1 saturated heterocycles. The molecule has 132 valence electrons. The number of nitrogens with one attached hydrogen (secondary N) is 1. The molecule has 0 bridgehead atoms. The highest BCUT2D eigenvalue weighted by Crippen LogP contribution is 2.47. The van der Waals surface area contributed by atoms with Gasteiger partial charge in [-0.05, 0) is 24.5 Å². The molecule has 1 amide bonds. The fraction of sp³-hybridized carbons (Fsp3) is 0.471. The van der Waals surface area contributed by atoms with Crippen LogP contribution in [-0.4, -0.2) is 43.4 Å². The maximum atomic E-state index is 12.1. The Balaban J connectivity index is 1.32. The minimum Gasteiger partial charge on any atom is -0.460 e. The number of hydrogen-bond donors (Lipinski definition) is 1. The van der Waals surface area contributed by atoms with E-state index in [1.54, 1.807) is 5.38 Å². The molecule has 1 aliphatic heterocycles. The van der Waals surface area contributed by atoms with Crippen LogP contribution in [0.4, 0.5) is 5.13 Å². The van der Waals surface area contributed by atoms with Gasteiger partial charge in [-0.25, -0.2) is 10.4 Å². The molecule has 0 unspecified atom stereocenters. The van der Waals surface area contributed by atoms with E-state index < -0.39 is 0 Å². The van der Waals surface area contributed by atoms with Crippen molar-refractivity contribution in [1.29, 1.82) is 0 Å². The lowest BCUT2D eigenvalue weighted by Gasteiger charge is -2.25. The fourth-order valence-corrected chi connectivity index (χ4v) is 3.70. The summed E-state index contributed by atoms with van der Waals surface area (Å²) in [5.41, 5.74) is 2.87. The first-order valence-corrected chi connectivity index (χ1v) is 9.30. The Hall–Kier alpha value is -2.19. The molecule has 2 fully saturated rings. The molecule has 1 saturated carbocycles. The molecule has 2 atom stereocenters. The molecule has 1 N–H and O–H groups in total. The van der Waals surface area contributed by atoms with Crippen LogP contribution in [0.25, 0.3) is 0 Å². The molecule has 0 radical (unpaired) electrons. The lowest BCUT2D eigenvalue weighted by Crippen LogP contribution is -2.36. The van der Waals surface area contributed by atoms with Crippen molar-refractivity contribution < 1.29 is 13.9 Å². The smallest absolute Gasteiger partial charge is 0.290 e. The van der Waals surface area contributed by atoms with Crippen LogP contribution in [0, 0.1) is 5.92 Å². The summed E-state index contributed by atoms with van der Waals surface area (Å²) in [5.74, 6) is 2.54. The number of carbonyl (C=O) groups excluding carboxylic acids is 1. The van der Waals surface area contributed by atoms with Crippen LogP contribution >= 0.6 is 11.3 Å². The standard InChI is InChI=1S/C17H20N4O3S/c1-11-8-13(11)15-3-2-12(24-15)9-18-20-16(22)14-10-25-17(19-14)21-4-6-23-7-5-21/h2-3,9-11,13H,4-8H2,1H3,(H,20,22)/b18-9-/t11-,13+/m1/s1. The van der Waals surface area contributed by atoms with Gasteiger partial charge in [-0.1, -0.05) is 6.92 Å². The average Bonchev–Trinajstić information content (AvgIpc) is 3.07. The van der Waals surface area contributed by atoms with Crippen LogP contribution in [0.5, 0.6) is 0 Å². The number of anilines is 1. The van der Waals surface area contributed by atoms with Gasteiger partial charge in [0.2, 0.25) is 0 Å². The summed E-state index contributed by atoms with van der Waals surface area (Å²) in [6, 6.07) is 3.85. The number of nitrogens with zero attached hydrogens (tertiary/aromatic N) is 3. The predicted octanol–water partition coefficient (Wildman–Crippen LogP) is 2.46. The molecule has 4 rings (SSSR count). The highest BCUT2D eigenvalue weighted by atomic mass is 32.1. The number of amides is 1.